The molecule has 0 atom stereocenters. The predicted octanol–water partition coefficient (Wildman–Crippen LogP) is 3.63. The molecule has 77 valence electrons. The summed E-state index contributed by atoms with van der Waals surface area (Å²) in [6.45, 7) is 4.25. The molecule has 1 aromatic rings. The molecule has 0 heterocycles. The molecule has 2 rings (SSSR count). The van der Waals surface area contributed by atoms with Gasteiger partial charge in [-0.3, -0.25) is 0 Å². The fraction of sp³-hybridized carbons (Fsp3) is 0.417. The molecule has 1 fully saturated rings. The molecule has 1 aliphatic carbocycles. The van der Waals surface area contributed by atoms with Gasteiger partial charge in [0.2, 0.25) is 0 Å². The molecule has 2 heteroatoms. The second-order valence-corrected chi connectivity index (χ2v) is 3.99. The first kappa shape index (κ1) is 11.2. The van der Waals surface area contributed by atoms with Crippen LogP contribution < -0.4 is 6.15 Å². The lowest BCUT2D eigenvalue weighted by Gasteiger charge is -2.23. The van der Waals surface area contributed by atoms with E-state index in [0.29, 0.717) is 0 Å². The maximum absolute atomic E-state index is 12.7. The summed E-state index contributed by atoms with van der Waals surface area (Å²) in [6, 6.07) is 6.79. The standard InChI is InChI=1S/C12H14F.H3N/c1-12(8-2-3-9-12)10-4-6-11(13)7-5-10;/h4-7H,1-3,8-9H2;1H3. The van der Waals surface area contributed by atoms with Crippen LogP contribution in [0.25, 0.3) is 0 Å². The fourth-order valence-electron chi connectivity index (χ4n) is 2.14. The Bertz CT molecular complexity index is 286. The third kappa shape index (κ3) is 1.95. The lowest BCUT2D eigenvalue weighted by molar-refractivity contribution is 0.549. The Kier molecular flexibility index (Phi) is 3.27. The highest BCUT2D eigenvalue weighted by molar-refractivity contribution is 5.28. The third-order valence-electron chi connectivity index (χ3n) is 3.02. The number of benzene rings is 1. The van der Waals surface area contributed by atoms with Gasteiger partial charge in [0, 0.05) is 0 Å². The Morgan fingerprint density at radius 1 is 1.07 bits per heavy atom. The molecule has 1 radical (unpaired) electrons. The van der Waals surface area contributed by atoms with E-state index in [1.165, 1.54) is 30.5 Å². The zero-order valence-corrected chi connectivity index (χ0v) is 8.43. The molecule has 1 nitrogen and oxygen atoms in total. The third-order valence-corrected chi connectivity index (χ3v) is 3.02. The highest BCUT2D eigenvalue weighted by Crippen LogP contribution is 2.39. The van der Waals surface area contributed by atoms with Crippen LogP contribution in [0.3, 0.4) is 0 Å². The summed E-state index contributed by atoms with van der Waals surface area (Å²) < 4.78 is 12.7. The number of hydrogen-bond donors (Lipinski definition) is 1. The van der Waals surface area contributed by atoms with Gasteiger partial charge in [0.15, 0.2) is 0 Å². The first-order valence-electron chi connectivity index (χ1n) is 4.82. The molecule has 0 bridgehead atoms. The van der Waals surface area contributed by atoms with E-state index in [0.717, 1.165) is 12.8 Å². The van der Waals surface area contributed by atoms with E-state index in [9.17, 15) is 4.39 Å². The minimum Gasteiger partial charge on any atom is -0.344 e. The minimum atomic E-state index is -0.162. The van der Waals surface area contributed by atoms with Crippen molar-refractivity contribution < 1.29 is 4.39 Å². The van der Waals surface area contributed by atoms with E-state index in [1.807, 2.05) is 12.1 Å². The normalized spacial score (nSPS) is 19.0. The Hall–Kier alpha value is -0.890. The second-order valence-electron chi connectivity index (χ2n) is 3.99. The second kappa shape index (κ2) is 4.09. The van der Waals surface area contributed by atoms with Crippen LogP contribution in [0.4, 0.5) is 4.39 Å². The van der Waals surface area contributed by atoms with Crippen molar-refractivity contribution >= 4 is 0 Å². The molecule has 0 aliphatic heterocycles. The highest BCUT2D eigenvalue weighted by Gasteiger charge is 2.30. The molecule has 1 saturated carbocycles. The summed E-state index contributed by atoms with van der Waals surface area (Å²) in [5, 5.41) is 0. The largest absolute Gasteiger partial charge is 0.344 e. The Morgan fingerprint density at radius 3 is 2.07 bits per heavy atom. The summed E-state index contributed by atoms with van der Waals surface area (Å²) in [4.78, 5) is 0. The average Bonchev–Trinajstić information content (AvgIpc) is 2.54. The molecule has 0 aromatic heterocycles. The van der Waals surface area contributed by atoms with Crippen molar-refractivity contribution in [3.8, 4) is 0 Å². The first-order chi connectivity index (χ1) is 6.21. The van der Waals surface area contributed by atoms with Crippen molar-refractivity contribution in [2.45, 2.75) is 31.1 Å². The van der Waals surface area contributed by atoms with Crippen LogP contribution in [0, 0.1) is 12.7 Å². The van der Waals surface area contributed by atoms with Crippen LogP contribution in [-0.4, -0.2) is 0 Å². The number of rotatable bonds is 1. The summed E-state index contributed by atoms with van der Waals surface area (Å²) in [6.07, 6.45) is 4.78. The fourth-order valence-corrected chi connectivity index (χ4v) is 2.14. The smallest absolute Gasteiger partial charge is 0.123 e. The van der Waals surface area contributed by atoms with Crippen LogP contribution in [-0.2, 0) is 5.41 Å². The van der Waals surface area contributed by atoms with Gasteiger partial charge < -0.3 is 6.15 Å². The van der Waals surface area contributed by atoms with Gasteiger partial charge in [0.25, 0.3) is 0 Å². The number of halogens is 1. The van der Waals surface area contributed by atoms with Crippen molar-refractivity contribution in [2.75, 3.05) is 0 Å². The lowest BCUT2D eigenvalue weighted by Crippen LogP contribution is -2.16. The van der Waals surface area contributed by atoms with E-state index in [2.05, 4.69) is 6.92 Å². The van der Waals surface area contributed by atoms with E-state index in [4.69, 9.17) is 0 Å². The molecule has 0 unspecified atom stereocenters. The number of hydrogen-bond acceptors (Lipinski definition) is 1. The van der Waals surface area contributed by atoms with Gasteiger partial charge in [-0.05, 0) is 42.9 Å². The molecule has 1 aromatic carbocycles. The summed E-state index contributed by atoms with van der Waals surface area (Å²) in [5.41, 5.74) is 1.25. The van der Waals surface area contributed by atoms with Gasteiger partial charge in [0.05, 0.1) is 0 Å². The van der Waals surface area contributed by atoms with Crippen LogP contribution in [0.15, 0.2) is 24.3 Å². The summed E-state index contributed by atoms with van der Waals surface area (Å²) >= 11 is 0. The Labute approximate surface area is 84.9 Å². The van der Waals surface area contributed by atoms with E-state index >= 15 is 0 Å². The minimum absolute atomic E-state index is 0. The zero-order chi connectivity index (χ0) is 9.31. The maximum Gasteiger partial charge on any atom is 0.123 e. The van der Waals surface area contributed by atoms with E-state index < -0.39 is 0 Å². The zero-order valence-electron chi connectivity index (χ0n) is 8.43. The molecular weight excluding hydrogens is 177 g/mol. The SMILES string of the molecule is N.[CH2]C1(c2ccc(F)cc2)CCCC1. The van der Waals surface area contributed by atoms with Crippen LogP contribution >= 0.6 is 0 Å². The summed E-state index contributed by atoms with van der Waals surface area (Å²) in [5.74, 6) is -0.162. The van der Waals surface area contributed by atoms with E-state index in [1.54, 1.807) is 0 Å². The molecule has 0 amide bonds. The van der Waals surface area contributed by atoms with Crippen molar-refractivity contribution in [3.63, 3.8) is 0 Å². The molecule has 0 spiro atoms. The van der Waals surface area contributed by atoms with Gasteiger partial charge >= 0.3 is 0 Å². The quantitative estimate of drug-likeness (QED) is 0.727. The maximum atomic E-state index is 12.7. The van der Waals surface area contributed by atoms with Gasteiger partial charge in [-0.1, -0.05) is 25.0 Å². The summed E-state index contributed by atoms with van der Waals surface area (Å²) in [7, 11) is 0. The van der Waals surface area contributed by atoms with Crippen molar-refractivity contribution in [3.05, 3.63) is 42.6 Å². The molecule has 3 N–H and O–H groups in total. The van der Waals surface area contributed by atoms with E-state index in [-0.39, 0.29) is 17.4 Å². The van der Waals surface area contributed by atoms with Gasteiger partial charge in [-0.25, -0.2) is 4.39 Å². The Morgan fingerprint density at radius 2 is 1.57 bits per heavy atom. The monoisotopic (exact) mass is 194 g/mol. The van der Waals surface area contributed by atoms with Crippen LogP contribution in [0.2, 0.25) is 0 Å². The topological polar surface area (TPSA) is 35.0 Å². The van der Waals surface area contributed by atoms with Crippen LogP contribution in [0.1, 0.15) is 31.2 Å². The van der Waals surface area contributed by atoms with Crippen molar-refractivity contribution in [2.24, 2.45) is 0 Å². The van der Waals surface area contributed by atoms with Crippen molar-refractivity contribution in [1.29, 1.82) is 0 Å². The van der Waals surface area contributed by atoms with Gasteiger partial charge in [-0.2, -0.15) is 0 Å². The molecule has 0 saturated heterocycles. The average molecular weight is 194 g/mol. The van der Waals surface area contributed by atoms with Crippen molar-refractivity contribution in [1.82, 2.24) is 6.15 Å². The highest BCUT2D eigenvalue weighted by atomic mass is 19.1. The predicted molar refractivity (Wildman–Crippen MR) is 56.9 cm³/mol. The van der Waals surface area contributed by atoms with Gasteiger partial charge in [-0.15, -0.1) is 0 Å². The first-order valence-corrected chi connectivity index (χ1v) is 4.82. The molecule has 14 heavy (non-hydrogen) atoms. The Balaban J connectivity index is 0.000000980. The molecule has 1 aliphatic rings. The van der Waals surface area contributed by atoms with Gasteiger partial charge in [0.1, 0.15) is 5.82 Å². The molecular formula is C12H17FN. The lowest BCUT2D eigenvalue weighted by atomic mass is 9.81. The van der Waals surface area contributed by atoms with Crippen LogP contribution in [0.5, 0.6) is 0 Å².